The molecule has 20 heavy (non-hydrogen) atoms. The topological polar surface area (TPSA) is 67.2 Å². The van der Waals surface area contributed by atoms with E-state index >= 15 is 0 Å². The van der Waals surface area contributed by atoms with Crippen molar-refractivity contribution in [2.75, 3.05) is 11.9 Å². The molecule has 0 spiro atoms. The van der Waals surface area contributed by atoms with Crippen molar-refractivity contribution in [2.45, 2.75) is 52.1 Å². The molecule has 0 radical (unpaired) electrons. The molecule has 0 aromatic carbocycles. The second kappa shape index (κ2) is 6.14. The Kier molecular flexibility index (Phi) is 4.70. The average Bonchev–Trinajstić information content (AvgIpc) is 2.41. The number of hydrogen-bond acceptors (Lipinski definition) is 4. The van der Waals surface area contributed by atoms with Gasteiger partial charge in [0.2, 0.25) is 0 Å². The van der Waals surface area contributed by atoms with E-state index in [-0.39, 0.29) is 23.7 Å². The molecule has 0 atom stereocenters. The fourth-order valence-electron chi connectivity index (χ4n) is 2.58. The molecule has 112 valence electrons. The average molecular weight is 300 g/mol. The maximum absolute atomic E-state index is 11.9. The van der Waals surface area contributed by atoms with E-state index in [1.165, 1.54) is 4.68 Å². The first-order valence-corrected chi connectivity index (χ1v) is 7.44. The van der Waals surface area contributed by atoms with Gasteiger partial charge in [-0.3, -0.25) is 4.79 Å². The summed E-state index contributed by atoms with van der Waals surface area (Å²) in [5.41, 5.74) is 0.641. The third-order valence-electron chi connectivity index (χ3n) is 4.00. The molecule has 1 aromatic rings. The first-order chi connectivity index (χ1) is 9.43. The highest BCUT2D eigenvalue weighted by atomic mass is 35.5. The molecular formula is C14H22ClN3O2. The van der Waals surface area contributed by atoms with E-state index in [2.05, 4.69) is 24.3 Å². The Bertz CT molecular complexity index is 518. The van der Waals surface area contributed by atoms with Crippen LogP contribution in [-0.4, -0.2) is 27.5 Å². The SMILES string of the molecule is CC1(C)CCC(Nc2cnn(CCO)c(=O)c2Cl)CC1. The van der Waals surface area contributed by atoms with Crippen molar-refractivity contribution in [3.8, 4) is 0 Å². The highest BCUT2D eigenvalue weighted by molar-refractivity contribution is 6.32. The van der Waals surface area contributed by atoms with Crippen molar-refractivity contribution < 1.29 is 5.11 Å². The predicted molar refractivity (Wildman–Crippen MR) is 80.3 cm³/mol. The van der Waals surface area contributed by atoms with Crippen LogP contribution in [0, 0.1) is 5.41 Å². The van der Waals surface area contributed by atoms with E-state index in [0.717, 1.165) is 25.7 Å². The van der Waals surface area contributed by atoms with Crippen molar-refractivity contribution in [3.63, 3.8) is 0 Å². The molecule has 0 saturated heterocycles. The molecule has 1 aliphatic rings. The number of hydrogen-bond donors (Lipinski definition) is 2. The summed E-state index contributed by atoms with van der Waals surface area (Å²) in [6.07, 6.45) is 6.04. The van der Waals surface area contributed by atoms with Gasteiger partial charge >= 0.3 is 0 Å². The summed E-state index contributed by atoms with van der Waals surface area (Å²) in [6, 6.07) is 0.343. The number of halogens is 1. The van der Waals surface area contributed by atoms with Crippen LogP contribution in [0.5, 0.6) is 0 Å². The van der Waals surface area contributed by atoms with Crippen LogP contribution in [0.4, 0.5) is 5.69 Å². The molecule has 0 amide bonds. The van der Waals surface area contributed by atoms with Crippen LogP contribution in [0.1, 0.15) is 39.5 Å². The van der Waals surface area contributed by atoms with Crippen LogP contribution in [-0.2, 0) is 6.54 Å². The minimum Gasteiger partial charge on any atom is -0.394 e. The lowest BCUT2D eigenvalue weighted by molar-refractivity contribution is 0.232. The Morgan fingerprint density at radius 1 is 1.50 bits per heavy atom. The van der Waals surface area contributed by atoms with Crippen molar-refractivity contribution in [2.24, 2.45) is 5.41 Å². The van der Waals surface area contributed by atoms with E-state index in [4.69, 9.17) is 16.7 Å². The summed E-state index contributed by atoms with van der Waals surface area (Å²) in [7, 11) is 0. The second-order valence-electron chi connectivity index (χ2n) is 6.21. The zero-order chi connectivity index (χ0) is 14.8. The summed E-state index contributed by atoms with van der Waals surface area (Å²) >= 11 is 6.09. The molecule has 1 fully saturated rings. The lowest BCUT2D eigenvalue weighted by Crippen LogP contribution is -2.31. The number of rotatable bonds is 4. The fraction of sp³-hybridized carbons (Fsp3) is 0.714. The van der Waals surface area contributed by atoms with E-state index < -0.39 is 0 Å². The van der Waals surface area contributed by atoms with Crippen LogP contribution >= 0.6 is 11.6 Å². The highest BCUT2D eigenvalue weighted by Gasteiger charge is 2.27. The summed E-state index contributed by atoms with van der Waals surface area (Å²) in [5, 5.41) is 16.4. The Labute approximate surface area is 124 Å². The van der Waals surface area contributed by atoms with Crippen LogP contribution in [0.15, 0.2) is 11.0 Å². The van der Waals surface area contributed by atoms with Gasteiger partial charge in [-0.05, 0) is 31.1 Å². The molecule has 0 bridgehead atoms. The van der Waals surface area contributed by atoms with Crippen LogP contribution in [0.3, 0.4) is 0 Å². The van der Waals surface area contributed by atoms with Gasteiger partial charge in [-0.2, -0.15) is 5.10 Å². The van der Waals surface area contributed by atoms with Gasteiger partial charge in [-0.25, -0.2) is 4.68 Å². The van der Waals surface area contributed by atoms with E-state index in [0.29, 0.717) is 17.1 Å². The largest absolute Gasteiger partial charge is 0.394 e. The lowest BCUT2D eigenvalue weighted by atomic mass is 9.75. The minimum absolute atomic E-state index is 0.131. The number of aliphatic hydroxyl groups excluding tert-OH is 1. The predicted octanol–water partition coefficient (Wildman–Crippen LogP) is 2.27. The van der Waals surface area contributed by atoms with Crippen molar-refractivity contribution in [1.29, 1.82) is 0 Å². The molecule has 1 aliphatic carbocycles. The molecule has 1 heterocycles. The highest BCUT2D eigenvalue weighted by Crippen LogP contribution is 2.36. The number of aliphatic hydroxyl groups is 1. The van der Waals surface area contributed by atoms with Crippen LogP contribution in [0.2, 0.25) is 5.02 Å². The zero-order valence-electron chi connectivity index (χ0n) is 12.0. The zero-order valence-corrected chi connectivity index (χ0v) is 12.8. The molecular weight excluding hydrogens is 278 g/mol. The number of aromatic nitrogens is 2. The summed E-state index contributed by atoms with van der Waals surface area (Å²) in [5.74, 6) is 0. The maximum Gasteiger partial charge on any atom is 0.287 e. The third-order valence-corrected chi connectivity index (χ3v) is 4.36. The lowest BCUT2D eigenvalue weighted by Gasteiger charge is -2.35. The summed E-state index contributed by atoms with van der Waals surface area (Å²) in [4.78, 5) is 11.9. The quantitative estimate of drug-likeness (QED) is 0.895. The Balaban J connectivity index is 2.07. The minimum atomic E-state index is -0.359. The van der Waals surface area contributed by atoms with E-state index in [1.807, 2.05) is 0 Å². The fourth-order valence-corrected chi connectivity index (χ4v) is 2.78. The number of nitrogens with one attached hydrogen (secondary N) is 1. The van der Waals surface area contributed by atoms with E-state index in [1.54, 1.807) is 6.20 Å². The van der Waals surface area contributed by atoms with Gasteiger partial charge in [0.25, 0.3) is 5.56 Å². The first kappa shape index (κ1) is 15.3. The molecule has 5 nitrogen and oxygen atoms in total. The smallest absolute Gasteiger partial charge is 0.287 e. The Hall–Kier alpha value is -1.07. The molecule has 1 saturated carbocycles. The van der Waals surface area contributed by atoms with Gasteiger partial charge in [-0.1, -0.05) is 25.4 Å². The second-order valence-corrected chi connectivity index (χ2v) is 6.58. The summed E-state index contributed by atoms with van der Waals surface area (Å²) in [6.45, 7) is 4.60. The molecule has 0 aliphatic heterocycles. The molecule has 2 rings (SSSR count). The van der Waals surface area contributed by atoms with Gasteiger partial charge < -0.3 is 10.4 Å². The normalized spacial score (nSPS) is 19.0. The van der Waals surface area contributed by atoms with E-state index in [9.17, 15) is 4.79 Å². The molecule has 6 heteroatoms. The molecule has 2 N–H and O–H groups in total. The Morgan fingerprint density at radius 2 is 2.15 bits per heavy atom. The van der Waals surface area contributed by atoms with Crippen LogP contribution in [0.25, 0.3) is 0 Å². The third kappa shape index (κ3) is 3.52. The van der Waals surface area contributed by atoms with Gasteiger partial charge in [0.15, 0.2) is 0 Å². The van der Waals surface area contributed by atoms with Gasteiger partial charge in [0.05, 0.1) is 25.0 Å². The monoisotopic (exact) mass is 299 g/mol. The Morgan fingerprint density at radius 3 is 2.75 bits per heavy atom. The number of nitrogens with zero attached hydrogens (tertiary/aromatic N) is 2. The van der Waals surface area contributed by atoms with Crippen molar-refractivity contribution in [1.82, 2.24) is 9.78 Å². The molecule has 1 aromatic heterocycles. The maximum atomic E-state index is 11.9. The van der Waals surface area contributed by atoms with Gasteiger partial charge in [0.1, 0.15) is 5.02 Å². The standard InChI is InChI=1S/C14H22ClN3O2/c1-14(2)5-3-10(4-6-14)17-11-9-16-18(7-8-19)13(20)12(11)15/h9-10,17,19H,3-8H2,1-2H3. The van der Waals surface area contributed by atoms with Gasteiger partial charge in [-0.15, -0.1) is 0 Å². The number of anilines is 1. The molecule has 0 unspecified atom stereocenters. The summed E-state index contributed by atoms with van der Waals surface area (Å²) < 4.78 is 1.18. The first-order valence-electron chi connectivity index (χ1n) is 7.06. The van der Waals surface area contributed by atoms with Crippen LogP contribution < -0.4 is 10.9 Å². The van der Waals surface area contributed by atoms with Crippen molar-refractivity contribution >= 4 is 17.3 Å². The van der Waals surface area contributed by atoms with Crippen molar-refractivity contribution in [3.05, 3.63) is 21.6 Å². The van der Waals surface area contributed by atoms with Gasteiger partial charge in [0, 0.05) is 6.04 Å².